The van der Waals surface area contributed by atoms with Crippen LogP contribution >= 0.6 is 11.8 Å². The molecule has 6 nitrogen and oxygen atoms in total. The molecule has 1 aliphatic rings. The van der Waals surface area contributed by atoms with Gasteiger partial charge in [-0.1, -0.05) is 19.1 Å². The second-order valence-corrected chi connectivity index (χ2v) is 9.63. The van der Waals surface area contributed by atoms with Crippen LogP contribution in [0.3, 0.4) is 0 Å². The number of thioether (sulfide) groups is 1. The van der Waals surface area contributed by atoms with Gasteiger partial charge in [-0.15, -0.1) is 11.8 Å². The minimum absolute atomic E-state index is 0.00351. The summed E-state index contributed by atoms with van der Waals surface area (Å²) in [4.78, 5) is 24.8. The predicted molar refractivity (Wildman–Crippen MR) is 107 cm³/mol. The molecule has 0 radical (unpaired) electrons. The second-order valence-electron chi connectivity index (χ2n) is 6.46. The highest BCUT2D eigenvalue weighted by molar-refractivity contribution is 7.99. The molecule has 3 rings (SSSR count). The van der Waals surface area contributed by atoms with E-state index in [0.29, 0.717) is 11.4 Å². The van der Waals surface area contributed by atoms with Crippen molar-refractivity contribution in [2.45, 2.75) is 23.1 Å². The van der Waals surface area contributed by atoms with E-state index >= 15 is 0 Å². The summed E-state index contributed by atoms with van der Waals surface area (Å²) in [6, 6.07) is 10.2. The summed E-state index contributed by atoms with van der Waals surface area (Å²) >= 11 is 1.48. The Balaban J connectivity index is 1.70. The summed E-state index contributed by atoms with van der Waals surface area (Å²) in [5.41, 5.74) is 0.458. The number of amides is 2. The van der Waals surface area contributed by atoms with Crippen LogP contribution < -0.4 is 10.6 Å². The van der Waals surface area contributed by atoms with Crippen LogP contribution in [0, 0.1) is 11.7 Å². The number of carbonyl (C=O) groups is 2. The number of hydrogen-bond donors (Lipinski definition) is 2. The molecule has 0 unspecified atom stereocenters. The molecular formula is C19H19FN2O4S2. The number of para-hydroxylation sites is 1. The highest BCUT2D eigenvalue weighted by Gasteiger charge is 2.23. The molecule has 148 valence electrons. The van der Waals surface area contributed by atoms with E-state index in [2.05, 4.69) is 10.6 Å². The van der Waals surface area contributed by atoms with Gasteiger partial charge in [-0.25, -0.2) is 12.8 Å². The van der Waals surface area contributed by atoms with Gasteiger partial charge in [0.25, 0.3) is 0 Å². The third-order valence-electron chi connectivity index (χ3n) is 4.25. The fourth-order valence-electron chi connectivity index (χ4n) is 2.59. The second kappa shape index (κ2) is 8.32. The lowest BCUT2D eigenvalue weighted by Gasteiger charge is -2.10. The van der Waals surface area contributed by atoms with E-state index in [4.69, 9.17) is 0 Å². The number of nitrogens with one attached hydrogen (secondary N) is 2. The molecular weight excluding hydrogens is 403 g/mol. The minimum Gasteiger partial charge on any atom is -0.325 e. The third kappa shape index (κ3) is 4.71. The lowest BCUT2D eigenvalue weighted by molar-refractivity contribution is -0.118. The highest BCUT2D eigenvalue weighted by atomic mass is 32.2. The van der Waals surface area contributed by atoms with Crippen LogP contribution in [-0.2, 0) is 19.4 Å². The van der Waals surface area contributed by atoms with Gasteiger partial charge in [0, 0.05) is 23.0 Å². The van der Waals surface area contributed by atoms with Crippen LogP contribution in [-0.4, -0.2) is 31.7 Å². The Kier molecular flexibility index (Phi) is 6.04. The number of sulfone groups is 1. The summed E-state index contributed by atoms with van der Waals surface area (Å²) in [6.07, 6.45) is -0.314. The van der Waals surface area contributed by atoms with Crippen LogP contribution in [0.1, 0.15) is 13.3 Å². The first-order valence-corrected chi connectivity index (χ1v) is 11.2. The lowest BCUT2D eigenvalue weighted by atomic mass is 10.2. The average molecular weight is 423 g/mol. The van der Waals surface area contributed by atoms with Crippen molar-refractivity contribution >= 4 is 44.8 Å². The Morgan fingerprint density at radius 3 is 2.79 bits per heavy atom. The van der Waals surface area contributed by atoms with Gasteiger partial charge >= 0.3 is 0 Å². The monoisotopic (exact) mass is 422 g/mol. The Morgan fingerprint density at radius 2 is 2.04 bits per heavy atom. The van der Waals surface area contributed by atoms with Crippen molar-refractivity contribution in [1.82, 2.24) is 0 Å². The molecule has 0 spiro atoms. The molecule has 2 aromatic rings. The standard InChI is InChI=1S/C19H19FN2O4S2/c1-12-11-27-17-7-6-13(10-16(17)22-19(12)24)28(25,26)9-8-18(23)21-15-5-3-2-4-14(15)20/h2-7,10,12H,8-9,11H2,1H3,(H,21,23)(H,22,24)/t12-/m0/s1. The number of halogens is 1. The fraction of sp³-hybridized carbons (Fsp3) is 0.263. The topological polar surface area (TPSA) is 92.3 Å². The molecule has 1 atom stereocenters. The molecule has 2 aromatic carbocycles. The van der Waals surface area contributed by atoms with Crippen molar-refractivity contribution in [3.05, 3.63) is 48.3 Å². The van der Waals surface area contributed by atoms with Crippen molar-refractivity contribution in [3.63, 3.8) is 0 Å². The molecule has 0 saturated heterocycles. The van der Waals surface area contributed by atoms with Crippen molar-refractivity contribution in [3.8, 4) is 0 Å². The van der Waals surface area contributed by atoms with Crippen molar-refractivity contribution in [1.29, 1.82) is 0 Å². The fourth-order valence-corrected chi connectivity index (χ4v) is 4.87. The lowest BCUT2D eigenvalue weighted by Crippen LogP contribution is -2.20. The highest BCUT2D eigenvalue weighted by Crippen LogP contribution is 2.34. The molecule has 0 fully saturated rings. The van der Waals surface area contributed by atoms with Crippen LogP contribution in [0.25, 0.3) is 0 Å². The van der Waals surface area contributed by atoms with E-state index in [9.17, 15) is 22.4 Å². The van der Waals surface area contributed by atoms with E-state index in [1.807, 2.05) is 0 Å². The molecule has 9 heteroatoms. The summed E-state index contributed by atoms with van der Waals surface area (Å²) in [5, 5.41) is 5.11. The molecule has 0 bridgehead atoms. The van der Waals surface area contributed by atoms with Crippen molar-refractivity contribution in [2.75, 3.05) is 22.1 Å². The zero-order valence-electron chi connectivity index (χ0n) is 15.1. The first kappa shape index (κ1) is 20.3. The van der Waals surface area contributed by atoms with E-state index < -0.39 is 27.3 Å². The largest absolute Gasteiger partial charge is 0.325 e. The van der Waals surface area contributed by atoms with E-state index in [-0.39, 0.29) is 28.8 Å². The number of fused-ring (bicyclic) bond motifs is 1. The third-order valence-corrected chi connectivity index (χ3v) is 7.30. The van der Waals surface area contributed by atoms with Crippen LogP contribution in [0.15, 0.2) is 52.3 Å². The van der Waals surface area contributed by atoms with Gasteiger partial charge in [0.05, 0.1) is 22.0 Å². The predicted octanol–water partition coefficient (Wildman–Crippen LogP) is 3.31. The maximum absolute atomic E-state index is 13.6. The summed E-state index contributed by atoms with van der Waals surface area (Å²) in [5.74, 6) is -1.34. The van der Waals surface area contributed by atoms with Gasteiger partial charge in [-0.05, 0) is 30.3 Å². The average Bonchev–Trinajstić information content (AvgIpc) is 2.80. The zero-order valence-corrected chi connectivity index (χ0v) is 16.7. The van der Waals surface area contributed by atoms with Crippen LogP contribution in [0.4, 0.5) is 15.8 Å². The van der Waals surface area contributed by atoms with E-state index in [1.54, 1.807) is 19.1 Å². The number of anilines is 2. The number of hydrogen-bond acceptors (Lipinski definition) is 5. The van der Waals surface area contributed by atoms with Gasteiger partial charge in [0.15, 0.2) is 9.84 Å². The van der Waals surface area contributed by atoms with Crippen LogP contribution in [0.5, 0.6) is 0 Å². The van der Waals surface area contributed by atoms with Gasteiger partial charge in [-0.2, -0.15) is 0 Å². The maximum Gasteiger partial charge on any atom is 0.228 e. The first-order valence-electron chi connectivity index (χ1n) is 8.61. The smallest absolute Gasteiger partial charge is 0.228 e. The molecule has 1 heterocycles. The minimum atomic E-state index is -3.75. The molecule has 0 aromatic heterocycles. The van der Waals surface area contributed by atoms with Crippen LogP contribution in [0.2, 0.25) is 0 Å². The Morgan fingerprint density at radius 1 is 1.29 bits per heavy atom. The number of benzene rings is 2. The summed E-state index contributed by atoms with van der Waals surface area (Å²) < 4.78 is 38.8. The van der Waals surface area contributed by atoms with Gasteiger partial charge in [0.1, 0.15) is 5.82 Å². The van der Waals surface area contributed by atoms with Crippen molar-refractivity contribution in [2.24, 2.45) is 5.92 Å². The molecule has 0 aliphatic carbocycles. The Labute approximate surface area is 166 Å². The van der Waals surface area contributed by atoms with Crippen molar-refractivity contribution < 1.29 is 22.4 Å². The molecule has 0 saturated carbocycles. The molecule has 2 N–H and O–H groups in total. The molecule has 1 aliphatic heterocycles. The van der Waals surface area contributed by atoms with Gasteiger partial charge in [0.2, 0.25) is 11.8 Å². The zero-order chi connectivity index (χ0) is 20.3. The maximum atomic E-state index is 13.6. The molecule has 28 heavy (non-hydrogen) atoms. The number of carbonyl (C=O) groups excluding carboxylic acids is 2. The molecule has 2 amide bonds. The van der Waals surface area contributed by atoms with Gasteiger partial charge in [-0.3, -0.25) is 9.59 Å². The summed E-state index contributed by atoms with van der Waals surface area (Å²) in [6.45, 7) is 1.81. The van der Waals surface area contributed by atoms with E-state index in [0.717, 1.165) is 4.90 Å². The quantitative estimate of drug-likeness (QED) is 0.771. The number of rotatable bonds is 5. The first-order chi connectivity index (χ1) is 13.3. The SMILES string of the molecule is C[C@H]1CSc2ccc(S(=O)(=O)CCC(=O)Nc3ccccc3F)cc2NC1=O. The summed E-state index contributed by atoms with van der Waals surface area (Å²) in [7, 11) is -3.75. The Hall–Kier alpha value is -2.39. The Bertz CT molecular complexity index is 1020. The van der Waals surface area contributed by atoms with Gasteiger partial charge < -0.3 is 10.6 Å². The van der Waals surface area contributed by atoms with E-state index in [1.165, 1.54) is 42.1 Å². The normalized spacial score (nSPS) is 16.6.